The van der Waals surface area contributed by atoms with Crippen molar-refractivity contribution >= 4 is 49.3 Å². The lowest BCUT2D eigenvalue weighted by molar-refractivity contribution is 0.103. The van der Waals surface area contributed by atoms with Crippen LogP contribution in [0.2, 0.25) is 0 Å². The molecule has 0 N–H and O–H groups in total. The molecule has 188 valence electrons. The first-order valence-corrected chi connectivity index (χ1v) is 13.5. The molecule has 40 heavy (non-hydrogen) atoms. The molecule has 0 saturated carbocycles. The van der Waals surface area contributed by atoms with Crippen LogP contribution in [0.4, 0.5) is 0 Å². The third-order valence-electron chi connectivity index (χ3n) is 7.92. The van der Waals surface area contributed by atoms with Crippen molar-refractivity contribution < 1.29 is 4.79 Å². The first-order valence-electron chi connectivity index (χ1n) is 13.5. The quantitative estimate of drug-likeness (QED) is 0.216. The van der Waals surface area contributed by atoms with Crippen molar-refractivity contribution in [2.24, 2.45) is 0 Å². The molecule has 0 bridgehead atoms. The van der Waals surface area contributed by atoms with Gasteiger partial charge in [0, 0.05) is 44.9 Å². The number of hydrogen-bond donors (Lipinski definition) is 0. The highest BCUT2D eigenvalue weighted by Gasteiger charge is 2.18. The summed E-state index contributed by atoms with van der Waals surface area (Å²) in [4.78, 5) is 13.4. The molecule has 8 aromatic rings. The van der Waals surface area contributed by atoms with E-state index in [1.54, 1.807) is 0 Å². The van der Waals surface area contributed by atoms with Crippen LogP contribution in [0.5, 0.6) is 0 Å². The summed E-state index contributed by atoms with van der Waals surface area (Å²) in [7, 11) is 0. The Labute approximate surface area is 231 Å². The molecule has 0 atom stereocenters. The predicted molar refractivity (Wildman–Crippen MR) is 165 cm³/mol. The minimum absolute atomic E-state index is 0.0289. The van der Waals surface area contributed by atoms with Crippen molar-refractivity contribution in [1.29, 1.82) is 0 Å². The van der Waals surface area contributed by atoms with Crippen molar-refractivity contribution in [2.75, 3.05) is 0 Å². The van der Waals surface area contributed by atoms with Crippen LogP contribution in [0.3, 0.4) is 0 Å². The zero-order valence-corrected chi connectivity index (χ0v) is 21.7. The molecule has 0 aliphatic carbocycles. The molecule has 3 nitrogen and oxygen atoms in total. The Morgan fingerprint density at radius 3 is 2.02 bits per heavy atom. The van der Waals surface area contributed by atoms with Crippen LogP contribution >= 0.6 is 0 Å². The number of ketones is 1. The summed E-state index contributed by atoms with van der Waals surface area (Å²) in [5, 5.41) is 5.82. The number of carbonyl (C=O) groups is 1. The van der Waals surface area contributed by atoms with Gasteiger partial charge in [-0.3, -0.25) is 4.79 Å². The van der Waals surface area contributed by atoms with E-state index >= 15 is 0 Å². The third-order valence-corrected chi connectivity index (χ3v) is 7.92. The van der Waals surface area contributed by atoms with Gasteiger partial charge in [-0.1, -0.05) is 84.9 Å². The van der Waals surface area contributed by atoms with Crippen LogP contribution in [0.15, 0.2) is 146 Å². The predicted octanol–water partition coefficient (Wildman–Crippen LogP) is 9.11. The van der Waals surface area contributed by atoms with E-state index in [0.29, 0.717) is 11.1 Å². The summed E-state index contributed by atoms with van der Waals surface area (Å²) in [6.07, 6.45) is 2.12. The number of fused-ring (bicyclic) bond motifs is 6. The van der Waals surface area contributed by atoms with E-state index in [1.807, 2.05) is 60.7 Å². The molecule has 3 heteroatoms. The maximum absolute atomic E-state index is 13.4. The lowest BCUT2D eigenvalue weighted by atomic mass is 10.00. The fraction of sp³-hybridized carbons (Fsp3) is 0. The minimum atomic E-state index is 0.0289. The second-order valence-corrected chi connectivity index (χ2v) is 10.2. The van der Waals surface area contributed by atoms with Crippen molar-refractivity contribution in [3.8, 4) is 11.4 Å². The second-order valence-electron chi connectivity index (χ2n) is 10.2. The van der Waals surface area contributed by atoms with Crippen LogP contribution in [-0.2, 0) is 0 Å². The van der Waals surface area contributed by atoms with Crippen molar-refractivity contribution in [3.63, 3.8) is 0 Å². The molecule has 2 heterocycles. The van der Waals surface area contributed by atoms with Gasteiger partial charge in [0.15, 0.2) is 5.78 Å². The Bertz CT molecular complexity index is 2220. The number of para-hydroxylation sites is 2. The highest BCUT2D eigenvalue weighted by molar-refractivity contribution is 6.18. The Hall–Kier alpha value is -5.41. The maximum atomic E-state index is 13.4. The topological polar surface area (TPSA) is 26.9 Å². The van der Waals surface area contributed by atoms with Gasteiger partial charge in [0.05, 0.1) is 16.6 Å². The summed E-state index contributed by atoms with van der Waals surface area (Å²) >= 11 is 0. The molecule has 0 fully saturated rings. The minimum Gasteiger partial charge on any atom is -0.315 e. The fourth-order valence-electron chi connectivity index (χ4n) is 6.00. The summed E-state index contributed by atoms with van der Waals surface area (Å²) in [5.74, 6) is 0.0289. The van der Waals surface area contributed by atoms with Gasteiger partial charge in [0.1, 0.15) is 0 Å². The van der Waals surface area contributed by atoms with Crippen molar-refractivity contribution in [1.82, 2.24) is 9.13 Å². The van der Waals surface area contributed by atoms with Gasteiger partial charge < -0.3 is 9.13 Å². The summed E-state index contributed by atoms with van der Waals surface area (Å²) in [6, 6.07) is 47.7. The van der Waals surface area contributed by atoms with Crippen LogP contribution in [0.1, 0.15) is 15.9 Å². The van der Waals surface area contributed by atoms with E-state index in [4.69, 9.17) is 0 Å². The molecule has 0 saturated heterocycles. The van der Waals surface area contributed by atoms with Gasteiger partial charge in [-0.05, 0) is 65.4 Å². The molecule has 0 aliphatic heterocycles. The van der Waals surface area contributed by atoms with Crippen LogP contribution in [-0.4, -0.2) is 14.9 Å². The van der Waals surface area contributed by atoms with Crippen molar-refractivity contribution in [3.05, 3.63) is 157 Å². The smallest absolute Gasteiger partial charge is 0.193 e. The number of aromatic nitrogens is 2. The Morgan fingerprint density at radius 1 is 0.475 bits per heavy atom. The van der Waals surface area contributed by atoms with E-state index in [9.17, 15) is 4.79 Å². The van der Waals surface area contributed by atoms with E-state index in [-0.39, 0.29) is 5.78 Å². The number of hydrogen-bond acceptors (Lipinski definition) is 1. The average Bonchev–Trinajstić information content (AvgIpc) is 3.60. The summed E-state index contributed by atoms with van der Waals surface area (Å²) in [6.45, 7) is 0. The highest BCUT2D eigenvalue weighted by atomic mass is 16.1. The Morgan fingerprint density at radius 2 is 1.18 bits per heavy atom. The molecule has 0 amide bonds. The first-order chi connectivity index (χ1) is 19.8. The average molecular weight is 513 g/mol. The van der Waals surface area contributed by atoms with E-state index < -0.39 is 0 Å². The zero-order valence-electron chi connectivity index (χ0n) is 21.7. The van der Waals surface area contributed by atoms with Gasteiger partial charge in [0.25, 0.3) is 0 Å². The van der Waals surface area contributed by atoms with E-state index in [0.717, 1.165) is 27.7 Å². The number of rotatable bonds is 4. The van der Waals surface area contributed by atoms with Gasteiger partial charge >= 0.3 is 0 Å². The summed E-state index contributed by atoms with van der Waals surface area (Å²) < 4.78 is 4.60. The highest BCUT2D eigenvalue weighted by Crippen LogP contribution is 2.37. The molecule has 0 unspecified atom stereocenters. The van der Waals surface area contributed by atoms with E-state index in [2.05, 4.69) is 94.2 Å². The Balaban J connectivity index is 1.28. The SMILES string of the molecule is O=C(c1ccc(-n2ccc3ccc4c5ccccc5n(-c5ccccc5)c4c32)cc1)c1ccc2ccccc2c1. The third kappa shape index (κ3) is 3.41. The molecule has 0 spiro atoms. The summed E-state index contributed by atoms with van der Waals surface area (Å²) in [5.41, 5.74) is 7.02. The zero-order chi connectivity index (χ0) is 26.6. The van der Waals surface area contributed by atoms with Crippen LogP contribution in [0.25, 0.3) is 54.9 Å². The molecule has 0 aliphatic rings. The standard InChI is InChI=1S/C37H24N2O/c40-37(29-15-14-25-8-4-5-9-28(25)24-29)27-16-19-30(20-17-27)38-23-22-26-18-21-33-32-12-6-7-13-34(32)39(36(33)35(26)38)31-10-2-1-3-11-31/h1-24H. The molecule has 2 aromatic heterocycles. The fourth-order valence-corrected chi connectivity index (χ4v) is 6.00. The lowest BCUT2D eigenvalue weighted by Gasteiger charge is -2.12. The van der Waals surface area contributed by atoms with Gasteiger partial charge in [-0.15, -0.1) is 0 Å². The lowest BCUT2D eigenvalue weighted by Crippen LogP contribution is -2.02. The van der Waals surface area contributed by atoms with Crippen molar-refractivity contribution in [2.45, 2.75) is 0 Å². The van der Waals surface area contributed by atoms with E-state index in [1.165, 1.54) is 27.2 Å². The number of benzene rings is 6. The molecule has 6 aromatic carbocycles. The van der Waals surface area contributed by atoms with Gasteiger partial charge in [-0.25, -0.2) is 0 Å². The largest absolute Gasteiger partial charge is 0.315 e. The molecular weight excluding hydrogens is 488 g/mol. The second kappa shape index (κ2) is 8.82. The van der Waals surface area contributed by atoms with Gasteiger partial charge in [-0.2, -0.15) is 0 Å². The number of carbonyl (C=O) groups excluding carboxylic acids is 1. The first kappa shape index (κ1) is 22.6. The number of nitrogens with zero attached hydrogens (tertiary/aromatic N) is 2. The monoisotopic (exact) mass is 512 g/mol. The molecule has 8 rings (SSSR count). The molecule has 0 radical (unpaired) electrons. The Kier molecular flexibility index (Phi) is 4.98. The van der Waals surface area contributed by atoms with Crippen LogP contribution in [0, 0.1) is 0 Å². The van der Waals surface area contributed by atoms with Crippen LogP contribution < -0.4 is 0 Å². The van der Waals surface area contributed by atoms with Gasteiger partial charge in [0.2, 0.25) is 0 Å². The normalized spacial score (nSPS) is 11.6. The maximum Gasteiger partial charge on any atom is 0.193 e. The molecular formula is C37H24N2O.